The van der Waals surface area contributed by atoms with Gasteiger partial charge in [-0.2, -0.15) is 4.31 Å². The number of amides is 1. The molecule has 1 saturated heterocycles. The van der Waals surface area contributed by atoms with Gasteiger partial charge in [0, 0.05) is 24.0 Å². The van der Waals surface area contributed by atoms with Crippen LogP contribution in [0.25, 0.3) is 0 Å². The largest absolute Gasteiger partial charge is 0.312 e. The SMILES string of the molecule is O=C1NC([C@H]2C[C@H]3CC[C@H]2C3)=NC12CCN(S(=O)(=O)c1cccc(Cl)c1)CC2. The van der Waals surface area contributed by atoms with Gasteiger partial charge in [0.1, 0.15) is 11.4 Å². The highest BCUT2D eigenvalue weighted by Crippen LogP contribution is 2.49. The minimum Gasteiger partial charge on any atom is -0.312 e. The number of benzene rings is 1. The van der Waals surface area contributed by atoms with E-state index >= 15 is 0 Å². The molecule has 0 aromatic heterocycles. The summed E-state index contributed by atoms with van der Waals surface area (Å²) in [6.45, 7) is 0.575. The van der Waals surface area contributed by atoms with Crippen molar-refractivity contribution in [2.24, 2.45) is 22.7 Å². The summed E-state index contributed by atoms with van der Waals surface area (Å²) in [4.78, 5) is 17.9. The second-order valence-corrected chi connectivity index (χ2v) is 11.0. The first kappa shape index (κ1) is 18.6. The van der Waals surface area contributed by atoms with Crippen molar-refractivity contribution in [1.29, 1.82) is 0 Å². The summed E-state index contributed by atoms with van der Waals surface area (Å²) >= 11 is 5.96. The van der Waals surface area contributed by atoms with Crippen LogP contribution in [0.15, 0.2) is 34.2 Å². The van der Waals surface area contributed by atoms with Gasteiger partial charge in [0.15, 0.2) is 0 Å². The van der Waals surface area contributed by atoms with Crippen molar-refractivity contribution < 1.29 is 13.2 Å². The van der Waals surface area contributed by atoms with Crippen molar-refractivity contribution in [3.05, 3.63) is 29.3 Å². The summed E-state index contributed by atoms with van der Waals surface area (Å²) < 4.78 is 27.3. The van der Waals surface area contributed by atoms with Crippen LogP contribution in [0.3, 0.4) is 0 Å². The minimum atomic E-state index is -3.62. The Bertz CT molecular complexity index is 953. The van der Waals surface area contributed by atoms with Crippen LogP contribution in [-0.2, 0) is 14.8 Å². The van der Waals surface area contributed by atoms with Gasteiger partial charge in [-0.25, -0.2) is 8.42 Å². The van der Waals surface area contributed by atoms with E-state index in [1.807, 2.05) is 0 Å². The Morgan fingerprint density at radius 2 is 1.96 bits per heavy atom. The third-order valence-corrected chi connectivity index (χ3v) is 9.20. The van der Waals surface area contributed by atoms with E-state index in [9.17, 15) is 13.2 Å². The van der Waals surface area contributed by atoms with Crippen LogP contribution < -0.4 is 5.32 Å². The van der Waals surface area contributed by atoms with Crippen LogP contribution in [0.1, 0.15) is 38.5 Å². The molecule has 2 heterocycles. The fraction of sp³-hybridized carbons (Fsp3) is 0.600. The van der Waals surface area contributed by atoms with Gasteiger partial charge in [0.2, 0.25) is 10.0 Å². The Balaban J connectivity index is 1.33. The van der Waals surface area contributed by atoms with Gasteiger partial charge in [-0.05, 0) is 62.1 Å². The third-order valence-electron chi connectivity index (χ3n) is 7.07. The lowest BCUT2D eigenvalue weighted by molar-refractivity contribution is -0.125. The molecule has 1 amide bonds. The van der Waals surface area contributed by atoms with Gasteiger partial charge >= 0.3 is 0 Å². The highest BCUT2D eigenvalue weighted by molar-refractivity contribution is 7.89. The number of halogens is 1. The number of carbonyl (C=O) groups is 1. The van der Waals surface area contributed by atoms with Crippen LogP contribution in [0.2, 0.25) is 5.02 Å². The predicted molar refractivity (Wildman–Crippen MR) is 107 cm³/mol. The molecule has 28 heavy (non-hydrogen) atoms. The van der Waals surface area contributed by atoms with Crippen molar-refractivity contribution >= 4 is 33.4 Å². The van der Waals surface area contributed by atoms with E-state index in [4.69, 9.17) is 16.6 Å². The zero-order valence-electron chi connectivity index (χ0n) is 15.6. The first-order valence-electron chi connectivity index (χ1n) is 10.0. The summed E-state index contributed by atoms with van der Waals surface area (Å²) in [5.41, 5.74) is -0.794. The maximum absolute atomic E-state index is 12.9. The van der Waals surface area contributed by atoms with E-state index in [0.717, 1.165) is 18.2 Å². The van der Waals surface area contributed by atoms with Crippen molar-refractivity contribution in [3.63, 3.8) is 0 Å². The highest BCUT2D eigenvalue weighted by atomic mass is 35.5. The molecule has 2 aliphatic carbocycles. The molecule has 2 aliphatic heterocycles. The Hall–Kier alpha value is -1.44. The lowest BCUT2D eigenvalue weighted by Crippen LogP contribution is -2.50. The van der Waals surface area contributed by atoms with Gasteiger partial charge in [-0.3, -0.25) is 9.79 Å². The van der Waals surface area contributed by atoms with Crippen LogP contribution in [0, 0.1) is 17.8 Å². The number of hydrogen-bond donors (Lipinski definition) is 1. The predicted octanol–water partition coefficient (Wildman–Crippen LogP) is 2.83. The Kier molecular flexibility index (Phi) is 4.34. The molecule has 2 bridgehead atoms. The number of rotatable bonds is 3. The van der Waals surface area contributed by atoms with E-state index in [1.165, 1.54) is 29.6 Å². The molecule has 2 saturated carbocycles. The number of aliphatic imine (C=N–C) groups is 1. The van der Waals surface area contributed by atoms with Crippen LogP contribution in [-0.4, -0.2) is 43.1 Å². The number of fused-ring (bicyclic) bond motifs is 2. The van der Waals surface area contributed by atoms with Crippen LogP contribution in [0.5, 0.6) is 0 Å². The fourth-order valence-electron chi connectivity index (χ4n) is 5.51. The molecule has 6 nitrogen and oxygen atoms in total. The summed E-state index contributed by atoms with van der Waals surface area (Å²) in [5.74, 6) is 2.64. The van der Waals surface area contributed by atoms with Crippen molar-refractivity contribution in [2.45, 2.75) is 49.0 Å². The number of nitrogens with zero attached hydrogens (tertiary/aromatic N) is 2. The maximum atomic E-state index is 12.9. The number of sulfonamides is 1. The molecule has 3 fully saturated rings. The Labute approximate surface area is 170 Å². The smallest absolute Gasteiger partial charge is 0.253 e. The minimum absolute atomic E-state index is 0.0509. The summed E-state index contributed by atoms with van der Waals surface area (Å²) in [6, 6.07) is 6.31. The van der Waals surface area contributed by atoms with Gasteiger partial charge in [0.05, 0.1) is 4.90 Å². The lowest BCUT2D eigenvalue weighted by atomic mass is 9.87. The van der Waals surface area contributed by atoms with Gasteiger partial charge in [-0.1, -0.05) is 24.1 Å². The summed E-state index contributed by atoms with van der Waals surface area (Å²) in [6.07, 6.45) is 5.78. The molecule has 5 rings (SSSR count). The van der Waals surface area contributed by atoms with Crippen LogP contribution >= 0.6 is 11.6 Å². The normalized spacial score (nSPS) is 32.0. The molecule has 150 valence electrons. The molecular formula is C20H24ClN3O3S. The molecule has 1 aromatic rings. The van der Waals surface area contributed by atoms with E-state index in [2.05, 4.69) is 5.32 Å². The number of carbonyl (C=O) groups excluding carboxylic acids is 1. The maximum Gasteiger partial charge on any atom is 0.253 e. The van der Waals surface area contributed by atoms with Crippen molar-refractivity contribution in [1.82, 2.24) is 9.62 Å². The van der Waals surface area contributed by atoms with E-state index in [1.54, 1.807) is 18.2 Å². The third kappa shape index (κ3) is 2.90. The number of piperidine rings is 1. The van der Waals surface area contributed by atoms with Crippen LogP contribution in [0.4, 0.5) is 0 Å². The van der Waals surface area contributed by atoms with E-state index in [0.29, 0.717) is 29.7 Å². The molecular weight excluding hydrogens is 398 g/mol. The number of amidine groups is 1. The standard InChI is InChI=1S/C20H24ClN3O3S/c21-15-2-1-3-16(12-15)28(26,27)24-8-6-20(7-9-24)19(25)22-18(23-20)17-11-13-4-5-14(17)10-13/h1-3,12-14,17H,4-11H2,(H,22,23,25)/t13-,14-,17-/m0/s1. The van der Waals surface area contributed by atoms with Gasteiger partial charge in [0.25, 0.3) is 5.91 Å². The second kappa shape index (κ2) is 6.54. The quantitative estimate of drug-likeness (QED) is 0.815. The highest BCUT2D eigenvalue weighted by Gasteiger charge is 2.51. The average molecular weight is 422 g/mol. The first-order chi connectivity index (χ1) is 13.4. The molecule has 8 heteroatoms. The molecule has 0 unspecified atom stereocenters. The Morgan fingerprint density at radius 3 is 2.61 bits per heavy atom. The summed E-state index contributed by atoms with van der Waals surface area (Å²) in [7, 11) is -3.62. The molecule has 3 atom stereocenters. The topological polar surface area (TPSA) is 78.8 Å². The second-order valence-electron chi connectivity index (χ2n) is 8.63. The zero-order chi connectivity index (χ0) is 19.5. The number of hydrogen-bond acceptors (Lipinski definition) is 4. The van der Waals surface area contributed by atoms with E-state index in [-0.39, 0.29) is 23.9 Å². The van der Waals surface area contributed by atoms with Crippen molar-refractivity contribution in [3.8, 4) is 0 Å². The molecule has 4 aliphatic rings. The van der Waals surface area contributed by atoms with Gasteiger partial charge in [-0.15, -0.1) is 0 Å². The molecule has 0 radical (unpaired) electrons. The average Bonchev–Trinajstić information content (AvgIpc) is 3.38. The Morgan fingerprint density at radius 1 is 1.18 bits per heavy atom. The molecule has 1 spiro atoms. The molecule has 1 aromatic carbocycles. The lowest BCUT2D eigenvalue weighted by Gasteiger charge is -2.34. The monoisotopic (exact) mass is 421 g/mol. The van der Waals surface area contributed by atoms with Crippen molar-refractivity contribution in [2.75, 3.05) is 13.1 Å². The zero-order valence-corrected chi connectivity index (χ0v) is 17.2. The number of nitrogens with one attached hydrogen (secondary N) is 1. The van der Waals surface area contributed by atoms with Gasteiger partial charge < -0.3 is 5.32 Å². The van der Waals surface area contributed by atoms with E-state index < -0.39 is 15.6 Å². The fourth-order valence-corrected chi connectivity index (χ4v) is 7.25. The molecule has 1 N–H and O–H groups in total. The first-order valence-corrected chi connectivity index (χ1v) is 11.9. The summed E-state index contributed by atoms with van der Waals surface area (Å²) in [5, 5.41) is 3.45.